The van der Waals surface area contributed by atoms with Gasteiger partial charge < -0.3 is 9.64 Å². The van der Waals surface area contributed by atoms with Gasteiger partial charge in [0.2, 0.25) is 0 Å². The van der Waals surface area contributed by atoms with Crippen molar-refractivity contribution in [3.05, 3.63) is 16.2 Å². The first-order valence-corrected chi connectivity index (χ1v) is 8.77. The highest BCUT2D eigenvalue weighted by Crippen LogP contribution is 2.39. The van der Waals surface area contributed by atoms with Crippen LogP contribution in [-0.2, 0) is 14.6 Å². The van der Waals surface area contributed by atoms with E-state index in [1.54, 1.807) is 11.9 Å². The van der Waals surface area contributed by atoms with E-state index in [0.29, 0.717) is 30.7 Å². The zero-order chi connectivity index (χ0) is 14.9. The van der Waals surface area contributed by atoms with Crippen LogP contribution in [0.2, 0.25) is 0 Å². The molecule has 0 bridgehead atoms. The van der Waals surface area contributed by atoms with E-state index in [1.807, 2.05) is 0 Å². The summed E-state index contributed by atoms with van der Waals surface area (Å²) in [5, 5.41) is 11.4. The lowest BCUT2D eigenvalue weighted by molar-refractivity contribution is -0.383. The van der Waals surface area contributed by atoms with Gasteiger partial charge in [-0.15, -0.1) is 0 Å². The van der Waals surface area contributed by atoms with Gasteiger partial charge in [0.25, 0.3) is 0 Å². The molecule has 2 heterocycles. The van der Waals surface area contributed by atoms with Crippen molar-refractivity contribution in [1.29, 1.82) is 0 Å². The molecule has 1 aliphatic heterocycles. The zero-order valence-electron chi connectivity index (χ0n) is 11.2. The second-order valence-corrected chi connectivity index (χ2v) is 8.17. The van der Waals surface area contributed by atoms with Gasteiger partial charge in [0, 0.05) is 38.4 Å². The summed E-state index contributed by atoms with van der Waals surface area (Å²) < 4.78 is 28.4. The largest absolute Gasteiger partial charge is 0.381 e. The predicted octanol–water partition coefficient (Wildman–Crippen LogP) is 1.53. The minimum atomic E-state index is -3.44. The van der Waals surface area contributed by atoms with Crippen molar-refractivity contribution in [3.63, 3.8) is 0 Å². The molecule has 0 saturated carbocycles. The van der Waals surface area contributed by atoms with Gasteiger partial charge in [-0.1, -0.05) is 11.3 Å². The molecule has 1 aromatic rings. The molecule has 1 saturated heterocycles. The molecule has 0 radical (unpaired) electrons. The first-order chi connectivity index (χ1) is 9.29. The van der Waals surface area contributed by atoms with Gasteiger partial charge in [-0.3, -0.25) is 10.1 Å². The van der Waals surface area contributed by atoms with E-state index >= 15 is 0 Å². The van der Waals surface area contributed by atoms with Crippen LogP contribution in [0.3, 0.4) is 0 Å². The topological polar surface area (TPSA) is 89.8 Å². The second kappa shape index (κ2) is 5.66. The molecule has 0 aliphatic carbocycles. The van der Waals surface area contributed by atoms with Crippen molar-refractivity contribution in [2.24, 2.45) is 5.92 Å². The number of sulfone groups is 1. The van der Waals surface area contributed by atoms with E-state index in [0.717, 1.165) is 30.1 Å². The summed E-state index contributed by atoms with van der Waals surface area (Å²) in [6, 6.07) is 1.14. The highest BCUT2D eigenvalue weighted by molar-refractivity contribution is 7.92. The third kappa shape index (κ3) is 3.28. The van der Waals surface area contributed by atoms with E-state index in [-0.39, 0.29) is 9.90 Å². The molecule has 9 heteroatoms. The van der Waals surface area contributed by atoms with Gasteiger partial charge in [0.05, 0.1) is 11.5 Å². The monoisotopic (exact) mass is 320 g/mol. The zero-order valence-corrected chi connectivity index (χ0v) is 12.9. The van der Waals surface area contributed by atoms with Gasteiger partial charge in [0.15, 0.2) is 14.8 Å². The smallest absolute Gasteiger partial charge is 0.304 e. The standard InChI is InChI=1S/C11H16N2O5S2/c1-12(6-8-3-4-18-7-8)11-9(13(14)15)5-10(19-11)20(2,16)17/h5,8H,3-4,6-7H2,1-2H3. The average molecular weight is 320 g/mol. The fourth-order valence-corrected chi connectivity index (χ4v) is 4.13. The molecule has 1 unspecified atom stereocenters. The van der Waals surface area contributed by atoms with Crippen LogP contribution in [0, 0.1) is 16.0 Å². The Hall–Kier alpha value is -1.19. The molecule has 1 atom stereocenters. The number of rotatable bonds is 5. The predicted molar refractivity (Wildman–Crippen MR) is 76.3 cm³/mol. The molecule has 1 aliphatic rings. The SMILES string of the molecule is CN(CC1CCOC1)c1sc(S(C)(=O)=O)cc1[N+](=O)[O-]. The Balaban J connectivity index is 2.28. The number of thiophene rings is 1. The minimum absolute atomic E-state index is 0.0220. The summed E-state index contributed by atoms with van der Waals surface area (Å²) in [6.45, 7) is 1.96. The third-order valence-corrected chi connectivity index (χ3v) is 6.18. The number of anilines is 1. The molecule has 112 valence electrons. The molecule has 0 aromatic carbocycles. The van der Waals surface area contributed by atoms with Crippen molar-refractivity contribution >= 4 is 31.9 Å². The Morgan fingerprint density at radius 2 is 2.30 bits per heavy atom. The van der Waals surface area contributed by atoms with Gasteiger partial charge >= 0.3 is 5.69 Å². The van der Waals surface area contributed by atoms with Crippen LogP contribution in [0.1, 0.15) is 6.42 Å². The number of nitrogens with zero attached hydrogens (tertiary/aromatic N) is 2. The number of nitro groups is 1. The summed E-state index contributed by atoms with van der Waals surface area (Å²) in [4.78, 5) is 12.3. The highest BCUT2D eigenvalue weighted by Gasteiger charge is 2.27. The third-order valence-electron chi connectivity index (χ3n) is 3.14. The second-order valence-electron chi connectivity index (χ2n) is 4.90. The summed E-state index contributed by atoms with van der Waals surface area (Å²) in [7, 11) is -1.70. The van der Waals surface area contributed by atoms with Crippen molar-refractivity contribution < 1.29 is 18.1 Å². The quantitative estimate of drug-likeness (QED) is 0.604. The van der Waals surface area contributed by atoms with Crippen molar-refractivity contribution in [2.45, 2.75) is 10.6 Å². The van der Waals surface area contributed by atoms with Gasteiger partial charge in [-0.05, 0) is 6.42 Å². The molecule has 1 aromatic heterocycles. The number of ether oxygens (including phenoxy) is 1. The van der Waals surface area contributed by atoms with E-state index in [9.17, 15) is 18.5 Å². The lowest BCUT2D eigenvalue weighted by Crippen LogP contribution is -2.25. The highest BCUT2D eigenvalue weighted by atomic mass is 32.2. The minimum Gasteiger partial charge on any atom is -0.381 e. The van der Waals surface area contributed by atoms with Crippen molar-refractivity contribution in [2.75, 3.05) is 38.0 Å². The summed E-state index contributed by atoms with van der Waals surface area (Å²) >= 11 is 0.942. The normalized spacial score (nSPS) is 19.2. The van der Waals surface area contributed by atoms with Crippen LogP contribution in [0.5, 0.6) is 0 Å². The maximum atomic E-state index is 11.5. The lowest BCUT2D eigenvalue weighted by atomic mass is 10.1. The molecule has 0 N–H and O–H groups in total. The maximum Gasteiger partial charge on any atom is 0.304 e. The number of hydrogen-bond acceptors (Lipinski definition) is 7. The lowest BCUT2D eigenvalue weighted by Gasteiger charge is -2.19. The molecule has 1 fully saturated rings. The van der Waals surface area contributed by atoms with Crippen molar-refractivity contribution in [1.82, 2.24) is 0 Å². The van der Waals surface area contributed by atoms with Crippen LogP contribution in [0.15, 0.2) is 10.3 Å². The first-order valence-electron chi connectivity index (χ1n) is 6.06. The van der Waals surface area contributed by atoms with Gasteiger partial charge in [0.1, 0.15) is 4.21 Å². The molecule has 0 spiro atoms. The van der Waals surface area contributed by atoms with Crippen LogP contribution in [0.4, 0.5) is 10.7 Å². The Morgan fingerprint density at radius 1 is 1.60 bits per heavy atom. The first kappa shape index (κ1) is 15.2. The molecular formula is C11H16N2O5S2. The molecule has 20 heavy (non-hydrogen) atoms. The Morgan fingerprint density at radius 3 is 2.80 bits per heavy atom. The molecule has 7 nitrogen and oxygen atoms in total. The molecule has 2 rings (SSSR count). The average Bonchev–Trinajstić information content (AvgIpc) is 2.95. The Labute approximate surface area is 121 Å². The van der Waals surface area contributed by atoms with E-state index in [1.165, 1.54) is 0 Å². The van der Waals surface area contributed by atoms with Crippen LogP contribution >= 0.6 is 11.3 Å². The van der Waals surface area contributed by atoms with Gasteiger partial charge in [-0.25, -0.2) is 8.42 Å². The number of hydrogen-bond donors (Lipinski definition) is 0. The summed E-state index contributed by atoms with van der Waals surface area (Å²) in [6.07, 6.45) is 1.97. The fourth-order valence-electron chi connectivity index (χ4n) is 2.13. The molecule has 0 amide bonds. The van der Waals surface area contributed by atoms with Crippen LogP contribution in [0.25, 0.3) is 0 Å². The van der Waals surface area contributed by atoms with Crippen LogP contribution < -0.4 is 4.90 Å². The molecular weight excluding hydrogens is 304 g/mol. The maximum absolute atomic E-state index is 11.5. The van der Waals surface area contributed by atoms with Crippen molar-refractivity contribution in [3.8, 4) is 0 Å². The fraction of sp³-hybridized carbons (Fsp3) is 0.636. The van der Waals surface area contributed by atoms with E-state index in [2.05, 4.69) is 0 Å². The summed E-state index contributed by atoms with van der Waals surface area (Å²) in [5.74, 6) is 0.323. The van der Waals surface area contributed by atoms with Gasteiger partial charge in [-0.2, -0.15) is 0 Å². The Kier molecular flexibility index (Phi) is 4.31. The van der Waals surface area contributed by atoms with Crippen LogP contribution in [-0.4, -0.2) is 46.4 Å². The van der Waals surface area contributed by atoms with E-state index < -0.39 is 14.8 Å². The Bertz CT molecular complexity index is 604. The summed E-state index contributed by atoms with van der Waals surface area (Å²) in [5.41, 5.74) is -0.156. The van der Waals surface area contributed by atoms with E-state index in [4.69, 9.17) is 4.74 Å².